The largest absolute Gasteiger partial charge is 0.495 e. The molecule has 0 spiro atoms. The first kappa shape index (κ1) is 19.5. The molecule has 0 saturated heterocycles. The number of fused-ring (bicyclic) bond motifs is 1. The van der Waals surface area contributed by atoms with Gasteiger partial charge in [0, 0.05) is 11.8 Å². The number of ether oxygens (including phenoxy) is 3. The van der Waals surface area contributed by atoms with Crippen LogP contribution in [0.25, 0.3) is 0 Å². The van der Waals surface area contributed by atoms with E-state index in [0.29, 0.717) is 35.2 Å². The first-order valence-corrected chi connectivity index (χ1v) is 8.93. The number of anilines is 2. The van der Waals surface area contributed by atoms with Crippen LogP contribution < -0.4 is 24.8 Å². The van der Waals surface area contributed by atoms with Crippen molar-refractivity contribution in [1.82, 2.24) is 4.90 Å². The third-order valence-electron chi connectivity index (χ3n) is 4.22. The van der Waals surface area contributed by atoms with Crippen molar-refractivity contribution in [1.29, 1.82) is 0 Å². The normalized spacial score (nSPS) is 12.0. The van der Waals surface area contributed by atoms with Crippen molar-refractivity contribution in [3.8, 4) is 17.2 Å². The zero-order chi connectivity index (χ0) is 19.9. The summed E-state index contributed by atoms with van der Waals surface area (Å²) in [5.74, 6) is 1.40. The molecular formula is C20H23N3O5. The van der Waals surface area contributed by atoms with E-state index in [-0.39, 0.29) is 31.7 Å². The van der Waals surface area contributed by atoms with Gasteiger partial charge in [0.05, 0.1) is 25.9 Å². The molecule has 0 aliphatic carbocycles. The smallest absolute Gasteiger partial charge is 0.238 e. The molecule has 0 bridgehead atoms. The lowest BCUT2D eigenvalue weighted by Gasteiger charge is -2.20. The summed E-state index contributed by atoms with van der Waals surface area (Å²) < 4.78 is 15.8. The summed E-state index contributed by atoms with van der Waals surface area (Å²) in [6.45, 7) is 2.79. The fraction of sp³-hybridized carbons (Fsp3) is 0.300. The highest BCUT2D eigenvalue weighted by Gasteiger charge is 2.17. The molecule has 1 aliphatic rings. The minimum atomic E-state index is -0.220. The van der Waals surface area contributed by atoms with E-state index in [2.05, 4.69) is 10.6 Å². The molecule has 0 fully saturated rings. The van der Waals surface area contributed by atoms with E-state index in [4.69, 9.17) is 14.2 Å². The van der Waals surface area contributed by atoms with Crippen LogP contribution in [-0.2, 0) is 9.59 Å². The number of nitrogens with one attached hydrogen (secondary N) is 2. The van der Waals surface area contributed by atoms with Gasteiger partial charge in [-0.3, -0.25) is 14.5 Å². The Balaban J connectivity index is 1.53. The predicted molar refractivity (Wildman–Crippen MR) is 105 cm³/mol. The van der Waals surface area contributed by atoms with Crippen LogP contribution in [0.2, 0.25) is 0 Å². The molecule has 3 rings (SSSR count). The molecular weight excluding hydrogens is 362 g/mol. The van der Waals surface area contributed by atoms with Crippen molar-refractivity contribution in [3.63, 3.8) is 0 Å². The second-order valence-corrected chi connectivity index (χ2v) is 6.17. The Morgan fingerprint density at radius 1 is 1.04 bits per heavy atom. The minimum Gasteiger partial charge on any atom is -0.495 e. The number of amides is 2. The maximum atomic E-state index is 12.3. The summed E-state index contributed by atoms with van der Waals surface area (Å²) in [5.41, 5.74) is 1.21. The van der Waals surface area contributed by atoms with Crippen LogP contribution in [0.5, 0.6) is 17.2 Å². The molecule has 2 aromatic rings. The summed E-state index contributed by atoms with van der Waals surface area (Å²) >= 11 is 0. The molecule has 0 aromatic heterocycles. The molecule has 8 heteroatoms. The van der Waals surface area contributed by atoms with Gasteiger partial charge in [0.1, 0.15) is 5.75 Å². The van der Waals surface area contributed by atoms with Crippen LogP contribution in [-0.4, -0.2) is 50.3 Å². The van der Waals surface area contributed by atoms with Gasteiger partial charge in [0.15, 0.2) is 11.5 Å². The van der Waals surface area contributed by atoms with Crippen LogP contribution in [0.1, 0.15) is 6.92 Å². The molecule has 148 valence electrons. The molecule has 2 aromatic carbocycles. The first-order valence-electron chi connectivity index (χ1n) is 8.93. The fourth-order valence-electron chi connectivity index (χ4n) is 2.80. The summed E-state index contributed by atoms with van der Waals surface area (Å²) in [6, 6.07) is 12.4. The van der Waals surface area contributed by atoms with Gasteiger partial charge in [0.25, 0.3) is 0 Å². The van der Waals surface area contributed by atoms with Crippen molar-refractivity contribution in [2.45, 2.75) is 6.92 Å². The van der Waals surface area contributed by atoms with Gasteiger partial charge >= 0.3 is 0 Å². The van der Waals surface area contributed by atoms with E-state index in [1.54, 1.807) is 42.3 Å². The SMILES string of the molecule is CCN(CC(=O)Nc1ccc2c(c1)OCO2)CC(=O)Nc1ccccc1OC. The number of likely N-dealkylation sites (N-methyl/N-ethyl adjacent to an activating group) is 1. The Morgan fingerprint density at radius 3 is 2.50 bits per heavy atom. The van der Waals surface area contributed by atoms with E-state index in [9.17, 15) is 9.59 Å². The van der Waals surface area contributed by atoms with Crippen molar-refractivity contribution in [2.75, 3.05) is 44.2 Å². The number of rotatable bonds is 8. The van der Waals surface area contributed by atoms with Gasteiger partial charge in [-0.15, -0.1) is 0 Å². The number of methoxy groups -OCH3 is 1. The lowest BCUT2D eigenvalue weighted by Crippen LogP contribution is -2.38. The summed E-state index contributed by atoms with van der Waals surface area (Å²) in [6.07, 6.45) is 0. The zero-order valence-corrected chi connectivity index (χ0v) is 15.9. The molecule has 0 unspecified atom stereocenters. The van der Waals surface area contributed by atoms with Crippen molar-refractivity contribution in [3.05, 3.63) is 42.5 Å². The third kappa shape index (κ3) is 4.92. The second-order valence-electron chi connectivity index (χ2n) is 6.17. The summed E-state index contributed by atoms with van der Waals surface area (Å²) in [4.78, 5) is 26.4. The Bertz CT molecular complexity index is 855. The maximum absolute atomic E-state index is 12.3. The Kier molecular flexibility index (Phi) is 6.33. The van der Waals surface area contributed by atoms with Gasteiger partial charge in [-0.05, 0) is 30.8 Å². The van der Waals surface area contributed by atoms with E-state index in [1.807, 2.05) is 19.1 Å². The van der Waals surface area contributed by atoms with Crippen molar-refractivity contribution in [2.24, 2.45) is 0 Å². The van der Waals surface area contributed by atoms with Crippen LogP contribution in [0, 0.1) is 0 Å². The highest BCUT2D eigenvalue weighted by Crippen LogP contribution is 2.34. The molecule has 1 aliphatic heterocycles. The van der Waals surface area contributed by atoms with Crippen LogP contribution >= 0.6 is 0 Å². The molecule has 0 radical (unpaired) electrons. The predicted octanol–water partition coefficient (Wildman–Crippen LogP) is 2.32. The van der Waals surface area contributed by atoms with Crippen LogP contribution in [0.3, 0.4) is 0 Å². The van der Waals surface area contributed by atoms with Crippen molar-refractivity contribution >= 4 is 23.2 Å². The van der Waals surface area contributed by atoms with Gasteiger partial charge in [0.2, 0.25) is 18.6 Å². The molecule has 2 N–H and O–H groups in total. The minimum absolute atomic E-state index is 0.0864. The average molecular weight is 385 g/mol. The monoisotopic (exact) mass is 385 g/mol. The van der Waals surface area contributed by atoms with Crippen molar-refractivity contribution < 1.29 is 23.8 Å². The number of hydrogen-bond acceptors (Lipinski definition) is 6. The number of benzene rings is 2. The highest BCUT2D eigenvalue weighted by molar-refractivity contribution is 5.95. The summed E-state index contributed by atoms with van der Waals surface area (Å²) in [5, 5.41) is 5.62. The van der Waals surface area contributed by atoms with Gasteiger partial charge in [-0.25, -0.2) is 0 Å². The second kappa shape index (κ2) is 9.09. The molecule has 8 nitrogen and oxygen atoms in total. The molecule has 1 heterocycles. The number of nitrogens with zero attached hydrogens (tertiary/aromatic N) is 1. The Morgan fingerprint density at radius 2 is 1.75 bits per heavy atom. The Labute approximate surface area is 163 Å². The summed E-state index contributed by atoms with van der Waals surface area (Å²) in [7, 11) is 1.55. The lowest BCUT2D eigenvalue weighted by atomic mass is 10.2. The molecule has 2 amide bonds. The van der Waals surface area contributed by atoms with E-state index >= 15 is 0 Å². The fourth-order valence-corrected chi connectivity index (χ4v) is 2.80. The van der Waals surface area contributed by atoms with E-state index < -0.39 is 0 Å². The van der Waals surface area contributed by atoms with E-state index in [1.165, 1.54) is 0 Å². The molecule has 28 heavy (non-hydrogen) atoms. The van der Waals surface area contributed by atoms with E-state index in [0.717, 1.165) is 0 Å². The molecule has 0 saturated carbocycles. The highest BCUT2D eigenvalue weighted by atomic mass is 16.7. The third-order valence-corrected chi connectivity index (χ3v) is 4.22. The topological polar surface area (TPSA) is 89.1 Å². The number of hydrogen-bond donors (Lipinski definition) is 2. The lowest BCUT2D eigenvalue weighted by molar-refractivity contribution is -0.119. The number of carbonyl (C=O) groups is 2. The Hall–Kier alpha value is -3.26. The quantitative estimate of drug-likeness (QED) is 0.725. The first-order chi connectivity index (χ1) is 13.6. The van der Waals surface area contributed by atoms with Gasteiger partial charge in [-0.1, -0.05) is 19.1 Å². The maximum Gasteiger partial charge on any atom is 0.238 e. The van der Waals surface area contributed by atoms with Gasteiger partial charge in [-0.2, -0.15) is 0 Å². The molecule has 0 atom stereocenters. The van der Waals surface area contributed by atoms with Gasteiger partial charge < -0.3 is 24.8 Å². The standard InChI is InChI=1S/C20H23N3O5/c1-3-23(12-20(25)22-15-6-4-5-7-16(15)26-2)11-19(24)21-14-8-9-17-18(10-14)28-13-27-17/h4-10H,3,11-13H2,1-2H3,(H,21,24)(H,22,25). The number of carbonyl (C=O) groups excluding carboxylic acids is 2. The van der Waals surface area contributed by atoms with Crippen LogP contribution in [0.15, 0.2) is 42.5 Å². The number of para-hydroxylation sites is 2. The zero-order valence-electron chi connectivity index (χ0n) is 15.9. The average Bonchev–Trinajstić information content (AvgIpc) is 3.15. The van der Waals surface area contributed by atoms with Crippen LogP contribution in [0.4, 0.5) is 11.4 Å².